The molecule has 2 heterocycles. The normalized spacial score (nSPS) is 14.7. The highest BCUT2D eigenvalue weighted by atomic mass is 35.5. The van der Waals surface area contributed by atoms with Crippen LogP contribution in [0.2, 0.25) is 0 Å². The number of benzene rings is 1. The smallest absolute Gasteiger partial charge is 0.185 e. The molecule has 0 unspecified atom stereocenters. The maximum Gasteiger partial charge on any atom is 0.185 e. The SMILES string of the molecule is Cl.c1ccc(-c2csc(N3CCCC3)n2)cc1. The molecule has 1 aliphatic rings. The molecule has 0 spiro atoms. The van der Waals surface area contributed by atoms with Crippen molar-refractivity contribution in [2.24, 2.45) is 0 Å². The molecule has 2 nitrogen and oxygen atoms in total. The minimum absolute atomic E-state index is 0. The quantitative estimate of drug-likeness (QED) is 0.821. The summed E-state index contributed by atoms with van der Waals surface area (Å²) in [5.74, 6) is 0. The number of rotatable bonds is 2. The summed E-state index contributed by atoms with van der Waals surface area (Å²) in [5, 5.41) is 3.33. The van der Waals surface area contributed by atoms with Gasteiger partial charge in [0.15, 0.2) is 5.13 Å². The summed E-state index contributed by atoms with van der Waals surface area (Å²) in [6.07, 6.45) is 2.61. The lowest BCUT2D eigenvalue weighted by Crippen LogP contribution is -2.17. The summed E-state index contributed by atoms with van der Waals surface area (Å²) in [5.41, 5.74) is 2.32. The van der Waals surface area contributed by atoms with Crippen LogP contribution < -0.4 is 4.90 Å². The Balaban J connectivity index is 0.00000108. The predicted molar refractivity (Wildman–Crippen MR) is 76.2 cm³/mol. The van der Waals surface area contributed by atoms with Crippen LogP contribution in [0.3, 0.4) is 0 Å². The number of halogens is 1. The highest BCUT2D eigenvalue weighted by Crippen LogP contribution is 2.29. The Labute approximate surface area is 112 Å². The van der Waals surface area contributed by atoms with Crippen LogP contribution in [0, 0.1) is 0 Å². The van der Waals surface area contributed by atoms with E-state index in [1.807, 2.05) is 6.07 Å². The van der Waals surface area contributed by atoms with E-state index in [4.69, 9.17) is 4.98 Å². The highest BCUT2D eigenvalue weighted by molar-refractivity contribution is 7.14. The van der Waals surface area contributed by atoms with Gasteiger partial charge < -0.3 is 4.90 Å². The van der Waals surface area contributed by atoms with Gasteiger partial charge in [-0.1, -0.05) is 30.3 Å². The van der Waals surface area contributed by atoms with Gasteiger partial charge in [0, 0.05) is 24.0 Å². The fourth-order valence-corrected chi connectivity index (χ4v) is 2.95. The van der Waals surface area contributed by atoms with Crippen molar-refractivity contribution in [2.75, 3.05) is 18.0 Å². The second-order valence-electron chi connectivity index (χ2n) is 4.08. The van der Waals surface area contributed by atoms with Crippen LogP contribution in [0.5, 0.6) is 0 Å². The third kappa shape index (κ3) is 2.61. The molecule has 0 atom stereocenters. The van der Waals surface area contributed by atoms with Crippen molar-refractivity contribution in [3.8, 4) is 11.3 Å². The Morgan fingerprint density at radius 3 is 2.47 bits per heavy atom. The lowest BCUT2D eigenvalue weighted by molar-refractivity contribution is 0.949. The Morgan fingerprint density at radius 1 is 1.06 bits per heavy atom. The van der Waals surface area contributed by atoms with Crippen molar-refractivity contribution in [1.29, 1.82) is 0 Å². The molecule has 0 saturated carbocycles. The van der Waals surface area contributed by atoms with E-state index >= 15 is 0 Å². The molecule has 0 N–H and O–H groups in total. The van der Waals surface area contributed by atoms with Crippen LogP contribution in [0.1, 0.15) is 12.8 Å². The van der Waals surface area contributed by atoms with E-state index < -0.39 is 0 Å². The van der Waals surface area contributed by atoms with E-state index in [0.29, 0.717) is 0 Å². The van der Waals surface area contributed by atoms with Crippen LogP contribution in [0.25, 0.3) is 11.3 Å². The number of nitrogens with zero attached hydrogens (tertiary/aromatic N) is 2. The van der Waals surface area contributed by atoms with Gasteiger partial charge in [-0.2, -0.15) is 0 Å². The summed E-state index contributed by atoms with van der Waals surface area (Å²) < 4.78 is 0. The van der Waals surface area contributed by atoms with Gasteiger partial charge in [0.1, 0.15) is 0 Å². The largest absolute Gasteiger partial charge is 0.348 e. The van der Waals surface area contributed by atoms with Crippen molar-refractivity contribution in [3.05, 3.63) is 35.7 Å². The van der Waals surface area contributed by atoms with E-state index in [2.05, 4.69) is 34.5 Å². The van der Waals surface area contributed by atoms with Crippen molar-refractivity contribution in [3.63, 3.8) is 0 Å². The van der Waals surface area contributed by atoms with Crippen molar-refractivity contribution in [2.45, 2.75) is 12.8 Å². The molecule has 2 aromatic rings. The summed E-state index contributed by atoms with van der Waals surface area (Å²) in [6, 6.07) is 10.4. The van der Waals surface area contributed by atoms with Gasteiger partial charge in [0.25, 0.3) is 0 Å². The average Bonchev–Trinajstić information content (AvgIpc) is 3.01. The molecule has 3 rings (SSSR count). The number of thiazole rings is 1. The molecular formula is C13H15ClN2S. The van der Waals surface area contributed by atoms with Gasteiger partial charge in [-0.3, -0.25) is 0 Å². The number of anilines is 1. The maximum absolute atomic E-state index is 4.71. The monoisotopic (exact) mass is 266 g/mol. The second kappa shape index (κ2) is 5.52. The highest BCUT2D eigenvalue weighted by Gasteiger charge is 2.15. The van der Waals surface area contributed by atoms with Gasteiger partial charge in [-0.25, -0.2) is 4.98 Å². The molecule has 0 amide bonds. The van der Waals surface area contributed by atoms with Crippen LogP contribution in [-0.4, -0.2) is 18.1 Å². The number of aromatic nitrogens is 1. The molecule has 1 aromatic heterocycles. The van der Waals surface area contributed by atoms with Crippen LogP contribution in [0.15, 0.2) is 35.7 Å². The van der Waals surface area contributed by atoms with Crippen LogP contribution in [0.4, 0.5) is 5.13 Å². The molecule has 1 aromatic carbocycles. The van der Waals surface area contributed by atoms with Crippen LogP contribution >= 0.6 is 23.7 Å². The Kier molecular flexibility index (Phi) is 4.02. The molecule has 0 aliphatic carbocycles. The first-order valence-corrected chi connectivity index (χ1v) is 6.57. The average molecular weight is 267 g/mol. The van der Waals surface area contributed by atoms with Gasteiger partial charge in [-0.05, 0) is 12.8 Å². The van der Waals surface area contributed by atoms with Crippen LogP contribution in [-0.2, 0) is 0 Å². The van der Waals surface area contributed by atoms with Gasteiger partial charge in [0.05, 0.1) is 5.69 Å². The van der Waals surface area contributed by atoms with E-state index in [0.717, 1.165) is 5.69 Å². The molecule has 0 bridgehead atoms. The first kappa shape index (κ1) is 12.4. The number of hydrogen-bond acceptors (Lipinski definition) is 3. The fraction of sp³-hybridized carbons (Fsp3) is 0.308. The fourth-order valence-electron chi connectivity index (χ4n) is 2.06. The standard InChI is InChI=1S/C13H14N2S.ClH/c1-2-6-11(7-3-1)12-10-16-13(14-12)15-8-4-5-9-15;/h1-3,6-7,10H,4-5,8-9H2;1H. The summed E-state index contributed by atoms with van der Waals surface area (Å²) in [6.45, 7) is 2.34. The minimum Gasteiger partial charge on any atom is -0.348 e. The zero-order chi connectivity index (χ0) is 10.8. The predicted octanol–water partition coefficient (Wildman–Crippen LogP) is 3.83. The van der Waals surface area contributed by atoms with Crippen molar-refractivity contribution < 1.29 is 0 Å². The summed E-state index contributed by atoms with van der Waals surface area (Å²) >= 11 is 1.76. The summed E-state index contributed by atoms with van der Waals surface area (Å²) in [4.78, 5) is 7.09. The zero-order valence-corrected chi connectivity index (χ0v) is 11.1. The van der Waals surface area contributed by atoms with E-state index in [-0.39, 0.29) is 12.4 Å². The lowest BCUT2D eigenvalue weighted by Gasteiger charge is -2.12. The molecule has 1 saturated heterocycles. The van der Waals surface area contributed by atoms with Gasteiger partial charge >= 0.3 is 0 Å². The number of hydrogen-bond donors (Lipinski definition) is 0. The Morgan fingerprint density at radius 2 is 1.76 bits per heavy atom. The van der Waals surface area contributed by atoms with E-state index in [1.54, 1.807) is 11.3 Å². The zero-order valence-electron chi connectivity index (χ0n) is 9.50. The molecule has 90 valence electrons. The Hall–Kier alpha value is -1.06. The van der Waals surface area contributed by atoms with Gasteiger partial charge in [0.2, 0.25) is 0 Å². The summed E-state index contributed by atoms with van der Waals surface area (Å²) in [7, 11) is 0. The van der Waals surface area contributed by atoms with Crippen molar-refractivity contribution >= 4 is 28.9 Å². The molecule has 1 aliphatic heterocycles. The third-order valence-electron chi connectivity index (χ3n) is 2.94. The van der Waals surface area contributed by atoms with E-state index in [9.17, 15) is 0 Å². The Bertz CT molecular complexity index is 463. The third-order valence-corrected chi connectivity index (χ3v) is 3.84. The van der Waals surface area contributed by atoms with Gasteiger partial charge in [-0.15, -0.1) is 23.7 Å². The second-order valence-corrected chi connectivity index (χ2v) is 4.91. The first-order chi connectivity index (χ1) is 7.93. The first-order valence-electron chi connectivity index (χ1n) is 5.69. The molecule has 0 radical (unpaired) electrons. The molecule has 4 heteroatoms. The van der Waals surface area contributed by atoms with E-state index in [1.165, 1.54) is 36.6 Å². The van der Waals surface area contributed by atoms with Crippen molar-refractivity contribution in [1.82, 2.24) is 4.98 Å². The topological polar surface area (TPSA) is 16.1 Å². The molecule has 17 heavy (non-hydrogen) atoms. The molecular weight excluding hydrogens is 252 g/mol. The minimum atomic E-state index is 0. The lowest BCUT2D eigenvalue weighted by atomic mass is 10.2. The maximum atomic E-state index is 4.71. The molecule has 1 fully saturated rings.